The van der Waals surface area contributed by atoms with Gasteiger partial charge in [-0.05, 0) is 42.3 Å². The van der Waals surface area contributed by atoms with Gasteiger partial charge in [-0.25, -0.2) is 4.98 Å². The number of nitrogens with zero attached hydrogens (tertiary/aromatic N) is 2. The topological polar surface area (TPSA) is 56.5 Å². The summed E-state index contributed by atoms with van der Waals surface area (Å²) >= 11 is 0. The van der Waals surface area contributed by atoms with E-state index >= 15 is 0 Å². The molecule has 0 aliphatic carbocycles. The number of imidazole rings is 1. The van der Waals surface area contributed by atoms with E-state index in [1.54, 1.807) is 7.11 Å². The number of aliphatic hydroxyl groups excluding tert-OH is 1. The van der Waals surface area contributed by atoms with Crippen LogP contribution in [0.25, 0.3) is 22.4 Å². The molecular formula is C24H24N2O3. The van der Waals surface area contributed by atoms with Crippen LogP contribution in [0.15, 0.2) is 72.8 Å². The SMILES string of the molecule is COc1cc(-c2nc3ccccc3n2CCCO)ccc1OCc1ccccc1. The lowest BCUT2D eigenvalue weighted by Gasteiger charge is -2.13. The molecule has 0 fully saturated rings. The molecule has 148 valence electrons. The van der Waals surface area contributed by atoms with Crippen LogP contribution in [0.3, 0.4) is 0 Å². The Morgan fingerprint density at radius 1 is 0.931 bits per heavy atom. The normalized spacial score (nSPS) is 11.0. The molecule has 0 saturated carbocycles. The molecule has 0 bridgehead atoms. The van der Waals surface area contributed by atoms with E-state index in [4.69, 9.17) is 14.5 Å². The molecular weight excluding hydrogens is 364 g/mol. The lowest BCUT2D eigenvalue weighted by atomic mass is 10.2. The van der Waals surface area contributed by atoms with Crippen molar-refractivity contribution < 1.29 is 14.6 Å². The molecule has 1 N–H and O–H groups in total. The van der Waals surface area contributed by atoms with Gasteiger partial charge in [0, 0.05) is 18.7 Å². The smallest absolute Gasteiger partial charge is 0.161 e. The van der Waals surface area contributed by atoms with Gasteiger partial charge in [0.25, 0.3) is 0 Å². The van der Waals surface area contributed by atoms with Crippen LogP contribution in [-0.2, 0) is 13.2 Å². The Hall–Kier alpha value is -3.31. The average Bonchev–Trinajstić information content (AvgIpc) is 3.15. The Labute approximate surface area is 170 Å². The molecule has 0 aliphatic heterocycles. The van der Waals surface area contributed by atoms with E-state index in [1.807, 2.05) is 66.7 Å². The third-order valence-electron chi connectivity index (χ3n) is 4.85. The zero-order chi connectivity index (χ0) is 20.1. The molecule has 0 atom stereocenters. The maximum atomic E-state index is 9.30. The van der Waals surface area contributed by atoms with Gasteiger partial charge >= 0.3 is 0 Å². The number of para-hydroxylation sites is 2. The standard InChI is InChI=1S/C24H24N2O3/c1-28-23-16-19(12-13-22(23)29-17-18-8-3-2-4-9-18)24-25-20-10-5-6-11-21(20)26(24)14-7-15-27/h2-6,8-13,16,27H,7,14-15,17H2,1H3. The second-order valence-corrected chi connectivity index (χ2v) is 6.79. The maximum Gasteiger partial charge on any atom is 0.161 e. The first-order valence-electron chi connectivity index (χ1n) is 9.71. The quantitative estimate of drug-likeness (QED) is 0.476. The fraction of sp³-hybridized carbons (Fsp3) is 0.208. The molecule has 3 aromatic carbocycles. The number of benzene rings is 3. The van der Waals surface area contributed by atoms with Gasteiger partial charge in [-0.2, -0.15) is 0 Å². The predicted octanol–water partition coefficient (Wildman–Crippen LogP) is 4.67. The number of aromatic nitrogens is 2. The van der Waals surface area contributed by atoms with E-state index < -0.39 is 0 Å². The highest BCUT2D eigenvalue weighted by atomic mass is 16.5. The van der Waals surface area contributed by atoms with Gasteiger partial charge in [-0.15, -0.1) is 0 Å². The highest BCUT2D eigenvalue weighted by Gasteiger charge is 2.15. The van der Waals surface area contributed by atoms with Gasteiger partial charge < -0.3 is 19.1 Å². The second-order valence-electron chi connectivity index (χ2n) is 6.79. The van der Waals surface area contributed by atoms with Gasteiger partial charge in [-0.3, -0.25) is 0 Å². The fourth-order valence-electron chi connectivity index (χ4n) is 3.41. The highest BCUT2D eigenvalue weighted by molar-refractivity contribution is 5.81. The van der Waals surface area contributed by atoms with Gasteiger partial charge in [0.1, 0.15) is 12.4 Å². The first kappa shape index (κ1) is 19.0. The summed E-state index contributed by atoms with van der Waals surface area (Å²) in [6, 6.07) is 24.0. The second kappa shape index (κ2) is 8.80. The van der Waals surface area contributed by atoms with Crippen LogP contribution >= 0.6 is 0 Å². The van der Waals surface area contributed by atoms with Crippen LogP contribution in [-0.4, -0.2) is 28.4 Å². The van der Waals surface area contributed by atoms with Crippen molar-refractivity contribution in [1.82, 2.24) is 9.55 Å². The average molecular weight is 388 g/mol. The molecule has 0 saturated heterocycles. The van der Waals surface area contributed by atoms with Gasteiger partial charge in [0.2, 0.25) is 0 Å². The molecule has 4 aromatic rings. The monoisotopic (exact) mass is 388 g/mol. The molecule has 5 nitrogen and oxygen atoms in total. The number of ether oxygens (including phenoxy) is 2. The van der Waals surface area contributed by atoms with Crippen molar-refractivity contribution in [3.63, 3.8) is 0 Å². The molecule has 1 aromatic heterocycles. The minimum absolute atomic E-state index is 0.140. The predicted molar refractivity (Wildman–Crippen MR) is 114 cm³/mol. The lowest BCUT2D eigenvalue weighted by molar-refractivity contribution is 0.280. The highest BCUT2D eigenvalue weighted by Crippen LogP contribution is 2.34. The Bertz CT molecular complexity index is 1090. The molecule has 1 heterocycles. The molecule has 0 aliphatic rings. The Kier molecular flexibility index (Phi) is 5.77. The van der Waals surface area contributed by atoms with Gasteiger partial charge in [-0.1, -0.05) is 42.5 Å². The number of aryl methyl sites for hydroxylation is 1. The van der Waals surface area contributed by atoms with Crippen LogP contribution in [0.4, 0.5) is 0 Å². The van der Waals surface area contributed by atoms with Crippen molar-refractivity contribution in [1.29, 1.82) is 0 Å². The van der Waals surface area contributed by atoms with Crippen LogP contribution in [0.1, 0.15) is 12.0 Å². The summed E-state index contributed by atoms with van der Waals surface area (Å²) in [6.07, 6.45) is 0.669. The first-order valence-corrected chi connectivity index (χ1v) is 9.71. The lowest BCUT2D eigenvalue weighted by Crippen LogP contribution is -2.03. The summed E-state index contributed by atoms with van der Waals surface area (Å²) in [5.74, 6) is 2.21. The Morgan fingerprint density at radius 3 is 2.52 bits per heavy atom. The van der Waals surface area contributed by atoms with Crippen molar-refractivity contribution in [3.05, 3.63) is 78.4 Å². The van der Waals surface area contributed by atoms with Crippen molar-refractivity contribution in [2.75, 3.05) is 13.7 Å². The molecule has 0 amide bonds. The summed E-state index contributed by atoms with van der Waals surface area (Å²) in [4.78, 5) is 4.82. The number of hydrogen-bond donors (Lipinski definition) is 1. The van der Waals surface area contributed by atoms with E-state index in [0.29, 0.717) is 31.1 Å². The summed E-state index contributed by atoms with van der Waals surface area (Å²) in [7, 11) is 1.64. The van der Waals surface area contributed by atoms with E-state index in [2.05, 4.69) is 10.6 Å². The van der Waals surface area contributed by atoms with Crippen LogP contribution in [0, 0.1) is 0 Å². The van der Waals surface area contributed by atoms with E-state index in [-0.39, 0.29) is 6.61 Å². The van der Waals surface area contributed by atoms with Gasteiger partial charge in [0.15, 0.2) is 11.5 Å². The minimum atomic E-state index is 0.140. The number of methoxy groups -OCH3 is 1. The van der Waals surface area contributed by atoms with Gasteiger partial charge in [0.05, 0.1) is 18.1 Å². The number of hydrogen-bond acceptors (Lipinski definition) is 4. The molecule has 29 heavy (non-hydrogen) atoms. The Morgan fingerprint density at radius 2 is 1.72 bits per heavy atom. The fourth-order valence-corrected chi connectivity index (χ4v) is 3.41. The summed E-state index contributed by atoms with van der Waals surface area (Å²) in [5.41, 5.74) is 4.04. The maximum absolute atomic E-state index is 9.30. The van der Waals surface area contributed by atoms with Crippen LogP contribution in [0.5, 0.6) is 11.5 Å². The summed E-state index contributed by atoms with van der Waals surface area (Å²) in [6.45, 7) is 1.31. The molecule has 0 radical (unpaired) electrons. The molecule has 4 rings (SSSR count). The van der Waals surface area contributed by atoms with Crippen LogP contribution in [0.2, 0.25) is 0 Å². The van der Waals surface area contributed by atoms with Crippen molar-refractivity contribution in [2.45, 2.75) is 19.6 Å². The van der Waals surface area contributed by atoms with E-state index in [0.717, 1.165) is 28.0 Å². The third-order valence-corrected chi connectivity index (χ3v) is 4.85. The third kappa shape index (κ3) is 4.10. The summed E-state index contributed by atoms with van der Waals surface area (Å²) < 4.78 is 13.7. The molecule has 0 unspecified atom stereocenters. The van der Waals surface area contributed by atoms with Crippen molar-refractivity contribution in [3.8, 4) is 22.9 Å². The van der Waals surface area contributed by atoms with Crippen LogP contribution < -0.4 is 9.47 Å². The summed E-state index contributed by atoms with van der Waals surface area (Å²) in [5, 5.41) is 9.30. The number of aliphatic hydroxyl groups is 1. The zero-order valence-electron chi connectivity index (χ0n) is 16.4. The zero-order valence-corrected chi connectivity index (χ0v) is 16.4. The van der Waals surface area contributed by atoms with Crippen molar-refractivity contribution in [2.24, 2.45) is 0 Å². The molecule has 0 spiro atoms. The Balaban J connectivity index is 1.67. The number of fused-ring (bicyclic) bond motifs is 1. The molecule has 5 heteroatoms. The largest absolute Gasteiger partial charge is 0.493 e. The van der Waals surface area contributed by atoms with E-state index in [1.165, 1.54) is 0 Å². The number of rotatable bonds is 8. The first-order chi connectivity index (χ1) is 14.3. The van der Waals surface area contributed by atoms with Crippen molar-refractivity contribution >= 4 is 11.0 Å². The minimum Gasteiger partial charge on any atom is -0.493 e. The van der Waals surface area contributed by atoms with E-state index in [9.17, 15) is 5.11 Å².